The zero-order chi connectivity index (χ0) is 21.9. The van der Waals surface area contributed by atoms with Crippen LogP contribution in [0, 0.1) is 0 Å². The molecule has 1 aliphatic heterocycles. The lowest BCUT2D eigenvalue weighted by molar-refractivity contribution is 0.0952. The first kappa shape index (κ1) is 19.9. The van der Waals surface area contributed by atoms with E-state index in [0.29, 0.717) is 24.5 Å². The summed E-state index contributed by atoms with van der Waals surface area (Å²) in [4.78, 5) is 17.9. The Morgan fingerprint density at radius 1 is 1.00 bits per heavy atom. The predicted octanol–water partition coefficient (Wildman–Crippen LogP) is 4.96. The van der Waals surface area contributed by atoms with Gasteiger partial charge < -0.3 is 19.5 Å². The number of carbonyl (C=O) groups is 1. The first-order chi connectivity index (χ1) is 15.7. The van der Waals surface area contributed by atoms with Gasteiger partial charge in [-0.05, 0) is 61.0 Å². The fourth-order valence-electron chi connectivity index (χ4n) is 3.73. The van der Waals surface area contributed by atoms with Crippen LogP contribution in [0.5, 0.6) is 17.2 Å². The van der Waals surface area contributed by atoms with Crippen LogP contribution in [0.1, 0.15) is 22.8 Å². The van der Waals surface area contributed by atoms with Gasteiger partial charge in [-0.3, -0.25) is 4.79 Å². The number of fused-ring (bicyclic) bond motifs is 2. The molecule has 1 amide bonds. The van der Waals surface area contributed by atoms with E-state index in [9.17, 15) is 4.79 Å². The number of hydrogen-bond acceptors (Lipinski definition) is 5. The Bertz CT molecular complexity index is 1290. The molecule has 1 aliphatic rings. The smallest absolute Gasteiger partial charge is 0.252 e. The SMILES string of the molecule is CCOc1ccc(-c2cc(C(=O)NCc3ccc4c(c3)OCO4)c3ccccc3n2)cc1. The van der Waals surface area contributed by atoms with E-state index in [-0.39, 0.29) is 12.7 Å². The number of para-hydroxylation sites is 1. The van der Waals surface area contributed by atoms with Crippen molar-refractivity contribution in [3.8, 4) is 28.5 Å². The minimum Gasteiger partial charge on any atom is -0.494 e. The Kier molecular flexibility index (Phi) is 5.34. The summed E-state index contributed by atoms with van der Waals surface area (Å²) >= 11 is 0. The van der Waals surface area contributed by atoms with Crippen LogP contribution in [0.4, 0.5) is 0 Å². The molecule has 0 saturated heterocycles. The minimum absolute atomic E-state index is 0.159. The lowest BCUT2D eigenvalue weighted by atomic mass is 10.0. The Morgan fingerprint density at radius 3 is 2.66 bits per heavy atom. The molecule has 0 bridgehead atoms. The molecule has 5 rings (SSSR count). The quantitative estimate of drug-likeness (QED) is 0.472. The van der Waals surface area contributed by atoms with E-state index in [0.717, 1.165) is 39.2 Å². The molecule has 4 aromatic rings. The Hall–Kier alpha value is -4.06. The van der Waals surface area contributed by atoms with Gasteiger partial charge in [0.1, 0.15) is 5.75 Å². The van der Waals surface area contributed by atoms with Crippen LogP contribution >= 0.6 is 0 Å². The Morgan fingerprint density at radius 2 is 1.81 bits per heavy atom. The first-order valence-corrected chi connectivity index (χ1v) is 10.5. The van der Waals surface area contributed by atoms with Crippen molar-refractivity contribution in [2.45, 2.75) is 13.5 Å². The Labute approximate surface area is 185 Å². The summed E-state index contributed by atoms with van der Waals surface area (Å²) in [7, 11) is 0. The monoisotopic (exact) mass is 426 g/mol. The molecule has 0 atom stereocenters. The molecule has 1 N–H and O–H groups in total. The standard InChI is InChI=1S/C26H22N2O4/c1-2-30-19-10-8-18(9-11-19)23-14-21(20-5-3-4-6-22(20)28-23)26(29)27-15-17-7-12-24-25(13-17)32-16-31-24/h3-14H,2,15-16H2,1H3,(H,27,29). The molecule has 0 spiro atoms. The third-order valence-corrected chi connectivity index (χ3v) is 5.31. The van der Waals surface area contributed by atoms with Crippen molar-refractivity contribution in [2.24, 2.45) is 0 Å². The normalized spacial score (nSPS) is 12.0. The second-order valence-electron chi connectivity index (χ2n) is 7.40. The van der Waals surface area contributed by atoms with Gasteiger partial charge in [0.2, 0.25) is 6.79 Å². The topological polar surface area (TPSA) is 69.7 Å². The van der Waals surface area contributed by atoms with Gasteiger partial charge in [0.05, 0.1) is 23.4 Å². The van der Waals surface area contributed by atoms with Crippen molar-refractivity contribution < 1.29 is 19.0 Å². The number of hydrogen-bond donors (Lipinski definition) is 1. The Balaban J connectivity index is 1.43. The average Bonchev–Trinajstić information content (AvgIpc) is 3.30. The highest BCUT2D eigenvalue weighted by Gasteiger charge is 2.16. The van der Waals surface area contributed by atoms with E-state index in [4.69, 9.17) is 19.2 Å². The van der Waals surface area contributed by atoms with Crippen molar-refractivity contribution in [3.63, 3.8) is 0 Å². The maximum absolute atomic E-state index is 13.2. The van der Waals surface area contributed by atoms with Crippen LogP contribution in [-0.4, -0.2) is 24.3 Å². The van der Waals surface area contributed by atoms with Crippen molar-refractivity contribution in [1.29, 1.82) is 0 Å². The van der Waals surface area contributed by atoms with E-state index in [1.165, 1.54) is 0 Å². The summed E-state index contributed by atoms with van der Waals surface area (Å²) < 4.78 is 16.3. The molecule has 0 saturated carbocycles. The van der Waals surface area contributed by atoms with Crippen LogP contribution in [-0.2, 0) is 6.54 Å². The molecule has 0 aliphatic carbocycles. The molecule has 32 heavy (non-hydrogen) atoms. The summed E-state index contributed by atoms with van der Waals surface area (Å²) in [5.41, 5.74) is 3.95. The molecule has 1 aromatic heterocycles. The van der Waals surface area contributed by atoms with E-state index in [1.807, 2.05) is 79.7 Å². The van der Waals surface area contributed by atoms with Crippen LogP contribution in [0.15, 0.2) is 72.8 Å². The van der Waals surface area contributed by atoms with Crippen LogP contribution in [0.25, 0.3) is 22.2 Å². The first-order valence-electron chi connectivity index (χ1n) is 10.5. The zero-order valence-electron chi connectivity index (χ0n) is 17.6. The number of ether oxygens (including phenoxy) is 3. The van der Waals surface area contributed by atoms with Gasteiger partial charge in [-0.1, -0.05) is 24.3 Å². The summed E-state index contributed by atoms with van der Waals surface area (Å²) in [6.07, 6.45) is 0. The van der Waals surface area contributed by atoms with Crippen LogP contribution in [0.3, 0.4) is 0 Å². The third-order valence-electron chi connectivity index (χ3n) is 5.31. The van der Waals surface area contributed by atoms with Crippen LogP contribution in [0.2, 0.25) is 0 Å². The van der Waals surface area contributed by atoms with Crippen molar-refractivity contribution in [2.75, 3.05) is 13.4 Å². The molecular formula is C26H22N2O4. The highest BCUT2D eigenvalue weighted by molar-refractivity contribution is 6.07. The van der Waals surface area contributed by atoms with Crippen LogP contribution < -0.4 is 19.5 Å². The van der Waals surface area contributed by atoms with Gasteiger partial charge in [-0.15, -0.1) is 0 Å². The number of benzene rings is 3. The van der Waals surface area contributed by atoms with Gasteiger partial charge in [-0.25, -0.2) is 4.98 Å². The predicted molar refractivity (Wildman–Crippen MR) is 122 cm³/mol. The maximum atomic E-state index is 13.2. The minimum atomic E-state index is -0.159. The second kappa shape index (κ2) is 8.59. The van der Waals surface area contributed by atoms with Gasteiger partial charge in [0.15, 0.2) is 11.5 Å². The lowest BCUT2D eigenvalue weighted by Crippen LogP contribution is -2.23. The lowest BCUT2D eigenvalue weighted by Gasteiger charge is -2.11. The average molecular weight is 426 g/mol. The highest BCUT2D eigenvalue weighted by Crippen LogP contribution is 2.32. The van der Waals surface area contributed by atoms with Crippen molar-refractivity contribution in [1.82, 2.24) is 10.3 Å². The summed E-state index contributed by atoms with van der Waals surface area (Å²) in [5, 5.41) is 3.83. The van der Waals surface area contributed by atoms with E-state index in [2.05, 4.69) is 5.32 Å². The number of amides is 1. The fraction of sp³-hybridized carbons (Fsp3) is 0.154. The molecule has 3 aromatic carbocycles. The van der Waals surface area contributed by atoms with Gasteiger partial charge in [0, 0.05) is 17.5 Å². The largest absolute Gasteiger partial charge is 0.494 e. The van der Waals surface area contributed by atoms with Gasteiger partial charge in [0.25, 0.3) is 5.91 Å². The number of rotatable bonds is 6. The third kappa shape index (κ3) is 3.95. The highest BCUT2D eigenvalue weighted by atomic mass is 16.7. The molecule has 6 heteroatoms. The number of aromatic nitrogens is 1. The number of nitrogens with one attached hydrogen (secondary N) is 1. The van der Waals surface area contributed by atoms with E-state index >= 15 is 0 Å². The van der Waals surface area contributed by atoms with Gasteiger partial charge >= 0.3 is 0 Å². The molecule has 0 radical (unpaired) electrons. The molecule has 0 fully saturated rings. The van der Waals surface area contributed by atoms with Crippen molar-refractivity contribution in [3.05, 3.63) is 83.9 Å². The summed E-state index contributed by atoms with van der Waals surface area (Å²) in [6.45, 7) is 3.17. The zero-order valence-corrected chi connectivity index (χ0v) is 17.6. The number of nitrogens with zero attached hydrogens (tertiary/aromatic N) is 1. The van der Waals surface area contributed by atoms with Crippen molar-refractivity contribution >= 4 is 16.8 Å². The second-order valence-corrected chi connectivity index (χ2v) is 7.40. The van der Waals surface area contributed by atoms with Gasteiger partial charge in [-0.2, -0.15) is 0 Å². The molecule has 6 nitrogen and oxygen atoms in total. The fourth-order valence-corrected chi connectivity index (χ4v) is 3.73. The summed E-state index contributed by atoms with van der Waals surface area (Å²) in [6, 6.07) is 22.9. The molecular weight excluding hydrogens is 404 g/mol. The molecule has 160 valence electrons. The molecule has 0 unspecified atom stereocenters. The van der Waals surface area contributed by atoms with E-state index < -0.39 is 0 Å². The molecule has 2 heterocycles. The maximum Gasteiger partial charge on any atom is 0.252 e. The number of carbonyl (C=O) groups excluding carboxylic acids is 1. The van der Waals surface area contributed by atoms with E-state index in [1.54, 1.807) is 0 Å². The number of pyridine rings is 1. The summed E-state index contributed by atoms with van der Waals surface area (Å²) in [5.74, 6) is 2.07.